The summed E-state index contributed by atoms with van der Waals surface area (Å²) in [6.07, 6.45) is 3.12. The van der Waals surface area contributed by atoms with Gasteiger partial charge in [0.2, 0.25) is 5.91 Å². The first-order valence-electron chi connectivity index (χ1n) is 6.16. The molecule has 2 aliphatic rings. The van der Waals surface area contributed by atoms with Gasteiger partial charge >= 0.3 is 0 Å². The highest BCUT2D eigenvalue weighted by Gasteiger charge is 2.28. The Labute approximate surface area is 102 Å². The lowest BCUT2D eigenvalue weighted by Gasteiger charge is -2.21. The highest BCUT2D eigenvalue weighted by atomic mass is 32.2. The average molecular weight is 261 g/mol. The van der Waals surface area contributed by atoms with E-state index in [1.54, 1.807) is 0 Å². The highest BCUT2D eigenvalue weighted by molar-refractivity contribution is 7.91. The summed E-state index contributed by atoms with van der Waals surface area (Å²) in [5.41, 5.74) is 0. The molecule has 2 rings (SSSR count). The van der Waals surface area contributed by atoms with Crippen molar-refractivity contribution in [2.24, 2.45) is 5.92 Å². The molecular formula is C11H19NO4S. The van der Waals surface area contributed by atoms with Crippen LogP contribution in [-0.4, -0.2) is 45.1 Å². The van der Waals surface area contributed by atoms with Crippen LogP contribution < -0.4 is 5.32 Å². The second-order valence-electron chi connectivity index (χ2n) is 4.81. The van der Waals surface area contributed by atoms with Crippen LogP contribution in [0.3, 0.4) is 0 Å². The van der Waals surface area contributed by atoms with Crippen molar-refractivity contribution in [2.45, 2.75) is 31.8 Å². The van der Waals surface area contributed by atoms with E-state index in [1.165, 1.54) is 0 Å². The third kappa shape index (κ3) is 3.67. The molecule has 17 heavy (non-hydrogen) atoms. The molecule has 0 aromatic rings. The van der Waals surface area contributed by atoms with E-state index >= 15 is 0 Å². The second kappa shape index (κ2) is 5.35. The van der Waals surface area contributed by atoms with Gasteiger partial charge in [-0.25, -0.2) is 8.42 Å². The van der Waals surface area contributed by atoms with Gasteiger partial charge in [-0.3, -0.25) is 4.79 Å². The number of rotatable bonds is 3. The molecule has 6 heteroatoms. The fourth-order valence-corrected chi connectivity index (χ4v) is 3.81. The third-order valence-corrected chi connectivity index (χ3v) is 5.17. The maximum Gasteiger partial charge on any atom is 0.223 e. The number of sulfone groups is 1. The van der Waals surface area contributed by atoms with Crippen LogP contribution in [0.1, 0.15) is 25.7 Å². The summed E-state index contributed by atoms with van der Waals surface area (Å²) < 4.78 is 27.9. The molecule has 0 saturated carbocycles. The number of hydrogen-bond donors (Lipinski definition) is 1. The number of ether oxygens (including phenoxy) is 1. The lowest BCUT2D eigenvalue weighted by molar-refractivity contribution is -0.125. The van der Waals surface area contributed by atoms with Gasteiger partial charge < -0.3 is 10.1 Å². The fraction of sp³-hybridized carbons (Fsp3) is 0.909. The van der Waals surface area contributed by atoms with Crippen LogP contribution in [0.4, 0.5) is 0 Å². The summed E-state index contributed by atoms with van der Waals surface area (Å²) in [5.74, 6) is 0.131. The zero-order valence-electron chi connectivity index (χ0n) is 9.85. The van der Waals surface area contributed by atoms with Crippen molar-refractivity contribution >= 4 is 15.7 Å². The van der Waals surface area contributed by atoms with E-state index in [1.807, 2.05) is 0 Å². The molecule has 1 amide bonds. The molecule has 0 spiro atoms. The van der Waals surface area contributed by atoms with E-state index in [-0.39, 0.29) is 29.4 Å². The van der Waals surface area contributed by atoms with E-state index in [4.69, 9.17) is 4.74 Å². The highest BCUT2D eigenvalue weighted by Crippen LogP contribution is 2.19. The molecule has 2 saturated heterocycles. The van der Waals surface area contributed by atoms with Crippen LogP contribution in [0, 0.1) is 5.92 Å². The monoisotopic (exact) mass is 261 g/mol. The molecule has 1 N–H and O–H groups in total. The van der Waals surface area contributed by atoms with Crippen molar-refractivity contribution < 1.29 is 17.9 Å². The third-order valence-electron chi connectivity index (χ3n) is 3.45. The van der Waals surface area contributed by atoms with Crippen LogP contribution in [0.5, 0.6) is 0 Å². The molecule has 0 aliphatic carbocycles. The summed E-state index contributed by atoms with van der Waals surface area (Å²) in [4.78, 5) is 11.8. The Morgan fingerprint density at radius 1 is 1.24 bits per heavy atom. The molecule has 5 nitrogen and oxygen atoms in total. The minimum atomic E-state index is -2.88. The van der Waals surface area contributed by atoms with Crippen LogP contribution in [0.15, 0.2) is 0 Å². The summed E-state index contributed by atoms with van der Waals surface area (Å²) in [6.45, 7) is 1.34. The molecule has 98 valence electrons. The van der Waals surface area contributed by atoms with Gasteiger partial charge in [-0.05, 0) is 25.7 Å². The maximum atomic E-state index is 11.8. The first kappa shape index (κ1) is 12.8. The van der Waals surface area contributed by atoms with Gasteiger partial charge in [0.15, 0.2) is 0 Å². The van der Waals surface area contributed by atoms with Crippen molar-refractivity contribution in [3.8, 4) is 0 Å². The van der Waals surface area contributed by atoms with Gasteiger partial charge in [0, 0.05) is 19.1 Å². The number of amides is 1. The molecule has 0 aromatic carbocycles. The first-order valence-corrected chi connectivity index (χ1v) is 7.99. The van der Waals surface area contributed by atoms with E-state index in [0.717, 1.165) is 19.4 Å². The number of carbonyl (C=O) groups is 1. The molecule has 2 fully saturated rings. The predicted molar refractivity (Wildman–Crippen MR) is 63.4 cm³/mol. The van der Waals surface area contributed by atoms with E-state index in [0.29, 0.717) is 19.4 Å². The molecular weight excluding hydrogens is 242 g/mol. The Morgan fingerprint density at radius 2 is 1.94 bits per heavy atom. The zero-order valence-corrected chi connectivity index (χ0v) is 10.7. The Bertz CT molecular complexity index is 359. The normalized spacial score (nSPS) is 29.1. The summed E-state index contributed by atoms with van der Waals surface area (Å²) in [5, 5.41) is 2.86. The smallest absolute Gasteiger partial charge is 0.223 e. The van der Waals surface area contributed by atoms with E-state index < -0.39 is 9.84 Å². The second-order valence-corrected chi connectivity index (χ2v) is 7.11. The van der Waals surface area contributed by atoms with Gasteiger partial charge in [0.1, 0.15) is 9.84 Å². The summed E-state index contributed by atoms with van der Waals surface area (Å²) in [6, 6.07) is 0. The van der Waals surface area contributed by atoms with Gasteiger partial charge in [-0.15, -0.1) is 0 Å². The zero-order chi connectivity index (χ0) is 12.3. The number of carbonyl (C=O) groups excluding carboxylic acids is 1. The molecule has 1 atom stereocenters. The standard InChI is InChI=1S/C11H19NO4S/c13-11(12-8-10-2-1-5-16-10)9-3-6-17(14,15)7-4-9/h9-10H,1-8H2,(H,12,13). The Morgan fingerprint density at radius 3 is 2.53 bits per heavy atom. The van der Waals surface area contributed by atoms with E-state index in [9.17, 15) is 13.2 Å². The van der Waals surface area contributed by atoms with Gasteiger partial charge in [0.25, 0.3) is 0 Å². The number of hydrogen-bond acceptors (Lipinski definition) is 4. The maximum absolute atomic E-state index is 11.8. The van der Waals surface area contributed by atoms with Gasteiger partial charge in [0.05, 0.1) is 17.6 Å². The first-order chi connectivity index (χ1) is 8.07. The van der Waals surface area contributed by atoms with Gasteiger partial charge in [-0.1, -0.05) is 0 Å². The molecule has 0 radical (unpaired) electrons. The Kier molecular flexibility index (Phi) is 4.04. The Hall–Kier alpha value is -0.620. The molecule has 0 bridgehead atoms. The summed E-state index contributed by atoms with van der Waals surface area (Å²) in [7, 11) is -2.88. The SMILES string of the molecule is O=C(NCC1CCCO1)C1CCS(=O)(=O)CC1. The lowest BCUT2D eigenvalue weighted by Crippen LogP contribution is -2.39. The molecule has 2 aliphatic heterocycles. The lowest BCUT2D eigenvalue weighted by atomic mass is 10.0. The molecule has 0 aromatic heterocycles. The van der Waals surface area contributed by atoms with Crippen molar-refractivity contribution in [3.05, 3.63) is 0 Å². The number of nitrogens with one attached hydrogen (secondary N) is 1. The van der Waals surface area contributed by atoms with Crippen LogP contribution in [0.2, 0.25) is 0 Å². The predicted octanol–water partition coefficient (Wildman–Crippen LogP) is 0.106. The fourth-order valence-electron chi connectivity index (χ4n) is 2.32. The van der Waals surface area contributed by atoms with Crippen molar-refractivity contribution in [2.75, 3.05) is 24.7 Å². The van der Waals surface area contributed by atoms with Crippen molar-refractivity contribution in [1.29, 1.82) is 0 Å². The van der Waals surface area contributed by atoms with E-state index in [2.05, 4.69) is 5.32 Å². The van der Waals surface area contributed by atoms with Crippen LogP contribution >= 0.6 is 0 Å². The molecule has 2 heterocycles. The quantitative estimate of drug-likeness (QED) is 0.782. The largest absolute Gasteiger partial charge is 0.376 e. The molecule has 1 unspecified atom stereocenters. The average Bonchev–Trinajstić information content (AvgIpc) is 2.78. The van der Waals surface area contributed by atoms with Crippen molar-refractivity contribution in [1.82, 2.24) is 5.32 Å². The minimum absolute atomic E-state index is 0.0181. The minimum Gasteiger partial charge on any atom is -0.376 e. The van der Waals surface area contributed by atoms with Crippen LogP contribution in [0.25, 0.3) is 0 Å². The topological polar surface area (TPSA) is 72.5 Å². The Balaban J connectivity index is 1.73. The van der Waals surface area contributed by atoms with Crippen molar-refractivity contribution in [3.63, 3.8) is 0 Å². The summed E-state index contributed by atoms with van der Waals surface area (Å²) >= 11 is 0. The van der Waals surface area contributed by atoms with Gasteiger partial charge in [-0.2, -0.15) is 0 Å². The van der Waals surface area contributed by atoms with Crippen LogP contribution in [-0.2, 0) is 19.4 Å².